The molecule has 2 aromatic carbocycles. The second-order valence-corrected chi connectivity index (χ2v) is 6.65. The molecule has 0 bridgehead atoms. The summed E-state index contributed by atoms with van der Waals surface area (Å²) in [4.78, 5) is 12.4. The van der Waals surface area contributed by atoms with Crippen LogP contribution in [0.4, 0.5) is 17.6 Å². The maximum Gasteiger partial charge on any atom is 0.416 e. The van der Waals surface area contributed by atoms with Crippen LogP contribution in [0.15, 0.2) is 40.4 Å². The van der Waals surface area contributed by atoms with Crippen molar-refractivity contribution < 1.29 is 22.4 Å². The van der Waals surface area contributed by atoms with E-state index < -0.39 is 23.3 Å². The molecule has 24 heavy (non-hydrogen) atoms. The first-order valence-electron chi connectivity index (χ1n) is 6.77. The number of halogens is 6. The summed E-state index contributed by atoms with van der Waals surface area (Å²) in [5.41, 5.74) is -0.158. The molecular formula is C17H8BrClF4O. The van der Waals surface area contributed by atoms with Crippen LogP contribution in [0.25, 0.3) is 6.08 Å². The summed E-state index contributed by atoms with van der Waals surface area (Å²) < 4.78 is 52.8. The molecule has 0 fully saturated rings. The zero-order valence-corrected chi connectivity index (χ0v) is 14.2. The SMILES string of the molecule is O=C1/C(=C/c2cc(C(F)(F)F)ccc2Cl)Cc2c(F)cc(Br)cc21. The maximum absolute atomic E-state index is 14.0. The van der Waals surface area contributed by atoms with Crippen LogP contribution in [0.2, 0.25) is 5.02 Å². The van der Waals surface area contributed by atoms with E-state index in [0.717, 1.165) is 18.2 Å². The van der Waals surface area contributed by atoms with Crippen LogP contribution >= 0.6 is 27.5 Å². The fourth-order valence-corrected chi connectivity index (χ4v) is 3.17. The summed E-state index contributed by atoms with van der Waals surface area (Å²) in [6.45, 7) is 0. The highest BCUT2D eigenvalue weighted by Crippen LogP contribution is 2.35. The molecule has 7 heteroatoms. The van der Waals surface area contributed by atoms with Crippen molar-refractivity contribution in [2.24, 2.45) is 0 Å². The quantitative estimate of drug-likeness (QED) is 0.404. The van der Waals surface area contributed by atoms with Gasteiger partial charge in [0, 0.05) is 32.6 Å². The number of hydrogen-bond acceptors (Lipinski definition) is 1. The summed E-state index contributed by atoms with van der Waals surface area (Å²) >= 11 is 9.05. The molecule has 0 saturated carbocycles. The molecule has 0 amide bonds. The lowest BCUT2D eigenvalue weighted by Gasteiger charge is -2.08. The van der Waals surface area contributed by atoms with Crippen LogP contribution in [0.5, 0.6) is 0 Å². The van der Waals surface area contributed by atoms with E-state index in [4.69, 9.17) is 11.6 Å². The number of benzene rings is 2. The van der Waals surface area contributed by atoms with E-state index in [1.165, 1.54) is 18.2 Å². The third-order valence-electron chi connectivity index (χ3n) is 3.72. The summed E-state index contributed by atoms with van der Waals surface area (Å²) in [6, 6.07) is 5.60. The average molecular weight is 420 g/mol. The Balaban J connectivity index is 2.05. The van der Waals surface area contributed by atoms with E-state index in [1.807, 2.05) is 0 Å². The van der Waals surface area contributed by atoms with Crippen molar-refractivity contribution in [2.75, 3.05) is 0 Å². The van der Waals surface area contributed by atoms with E-state index in [2.05, 4.69) is 15.9 Å². The van der Waals surface area contributed by atoms with E-state index in [1.54, 1.807) is 0 Å². The summed E-state index contributed by atoms with van der Waals surface area (Å²) in [6.07, 6.45) is -3.22. The van der Waals surface area contributed by atoms with Gasteiger partial charge in [-0.1, -0.05) is 27.5 Å². The predicted molar refractivity (Wildman–Crippen MR) is 86.6 cm³/mol. The van der Waals surface area contributed by atoms with Crippen LogP contribution < -0.4 is 0 Å². The van der Waals surface area contributed by atoms with Gasteiger partial charge in [-0.3, -0.25) is 4.79 Å². The van der Waals surface area contributed by atoms with Gasteiger partial charge >= 0.3 is 6.18 Å². The zero-order valence-electron chi connectivity index (χ0n) is 11.8. The van der Waals surface area contributed by atoms with Gasteiger partial charge in [0.05, 0.1) is 5.56 Å². The minimum atomic E-state index is -4.52. The second kappa shape index (κ2) is 6.01. The molecule has 0 atom stereocenters. The van der Waals surface area contributed by atoms with Crippen LogP contribution in [0.1, 0.15) is 27.0 Å². The molecule has 0 heterocycles. The molecule has 0 saturated heterocycles. The van der Waals surface area contributed by atoms with Crippen LogP contribution in [-0.4, -0.2) is 5.78 Å². The summed E-state index contributed by atoms with van der Waals surface area (Å²) in [5.74, 6) is -0.954. The summed E-state index contributed by atoms with van der Waals surface area (Å²) in [7, 11) is 0. The van der Waals surface area contributed by atoms with Gasteiger partial charge in [-0.05, 0) is 42.0 Å². The molecule has 0 N–H and O–H groups in total. The number of Topliss-reactive ketones (excluding diaryl/α,β-unsaturated/α-hetero) is 1. The Morgan fingerprint density at radius 1 is 1.17 bits per heavy atom. The van der Waals surface area contributed by atoms with Crippen molar-refractivity contribution in [1.82, 2.24) is 0 Å². The molecule has 1 nitrogen and oxygen atoms in total. The molecular weight excluding hydrogens is 412 g/mol. The van der Waals surface area contributed by atoms with Gasteiger partial charge in [-0.2, -0.15) is 13.2 Å². The average Bonchev–Trinajstić information content (AvgIpc) is 2.78. The van der Waals surface area contributed by atoms with Gasteiger partial charge in [0.1, 0.15) is 5.82 Å². The van der Waals surface area contributed by atoms with Crippen LogP contribution in [-0.2, 0) is 12.6 Å². The number of carbonyl (C=O) groups is 1. The van der Waals surface area contributed by atoms with E-state index >= 15 is 0 Å². The monoisotopic (exact) mass is 418 g/mol. The first kappa shape index (κ1) is 17.2. The van der Waals surface area contributed by atoms with Crippen molar-refractivity contribution in [2.45, 2.75) is 12.6 Å². The molecule has 2 aromatic rings. The Kier molecular flexibility index (Phi) is 4.30. The molecule has 124 valence electrons. The first-order chi connectivity index (χ1) is 11.2. The lowest BCUT2D eigenvalue weighted by molar-refractivity contribution is -0.137. The number of hydrogen-bond donors (Lipinski definition) is 0. The molecule has 1 aliphatic carbocycles. The zero-order chi connectivity index (χ0) is 17.6. The standard InChI is InChI=1S/C17H8BrClF4O/c18-11-6-13-12(15(20)7-11)5-9(16(13)24)3-8-4-10(17(21,22)23)1-2-14(8)19/h1-4,6-7H,5H2/b9-3+. The van der Waals surface area contributed by atoms with Gasteiger partial charge in [-0.15, -0.1) is 0 Å². The van der Waals surface area contributed by atoms with Crippen LogP contribution in [0, 0.1) is 5.82 Å². The van der Waals surface area contributed by atoms with Crippen molar-refractivity contribution in [3.8, 4) is 0 Å². The van der Waals surface area contributed by atoms with Gasteiger partial charge in [0.15, 0.2) is 5.78 Å². The highest BCUT2D eigenvalue weighted by Gasteiger charge is 2.32. The highest BCUT2D eigenvalue weighted by molar-refractivity contribution is 9.10. The molecule has 0 radical (unpaired) electrons. The number of alkyl halides is 3. The lowest BCUT2D eigenvalue weighted by atomic mass is 10.0. The Hall–Kier alpha value is -1.66. The minimum absolute atomic E-state index is 0.0137. The molecule has 0 unspecified atom stereocenters. The Labute approximate surface area is 148 Å². The van der Waals surface area contributed by atoms with Gasteiger partial charge in [-0.25, -0.2) is 4.39 Å². The molecule has 0 aromatic heterocycles. The third kappa shape index (κ3) is 3.13. The van der Waals surface area contributed by atoms with Crippen molar-refractivity contribution in [1.29, 1.82) is 0 Å². The fraction of sp³-hybridized carbons (Fsp3) is 0.118. The van der Waals surface area contributed by atoms with Gasteiger partial charge in [0.25, 0.3) is 0 Å². The number of carbonyl (C=O) groups excluding carboxylic acids is 1. The fourth-order valence-electron chi connectivity index (χ4n) is 2.56. The first-order valence-corrected chi connectivity index (χ1v) is 7.94. The van der Waals surface area contributed by atoms with Crippen molar-refractivity contribution >= 4 is 39.4 Å². The normalized spacial score (nSPS) is 15.9. The smallest absolute Gasteiger partial charge is 0.289 e. The van der Waals surface area contributed by atoms with Crippen molar-refractivity contribution in [3.05, 3.63) is 73.5 Å². The van der Waals surface area contributed by atoms with Crippen LogP contribution in [0.3, 0.4) is 0 Å². The van der Waals surface area contributed by atoms with Crippen molar-refractivity contribution in [3.63, 3.8) is 0 Å². The lowest BCUT2D eigenvalue weighted by Crippen LogP contribution is -2.05. The highest BCUT2D eigenvalue weighted by atomic mass is 79.9. The number of ketones is 1. The molecule has 0 spiro atoms. The number of allylic oxidation sites excluding steroid dienone is 1. The summed E-state index contributed by atoms with van der Waals surface area (Å²) in [5, 5.41) is 0.0842. The molecule has 3 rings (SSSR count). The van der Waals surface area contributed by atoms with Gasteiger partial charge < -0.3 is 0 Å². The topological polar surface area (TPSA) is 17.1 Å². The van der Waals surface area contributed by atoms with E-state index in [9.17, 15) is 22.4 Å². The second-order valence-electron chi connectivity index (χ2n) is 5.32. The number of fused-ring (bicyclic) bond motifs is 1. The molecule has 0 aliphatic heterocycles. The van der Waals surface area contributed by atoms with E-state index in [-0.39, 0.29) is 33.7 Å². The Morgan fingerprint density at radius 3 is 2.54 bits per heavy atom. The number of rotatable bonds is 1. The Morgan fingerprint density at radius 2 is 1.88 bits per heavy atom. The third-order valence-corrected chi connectivity index (χ3v) is 4.52. The largest absolute Gasteiger partial charge is 0.416 e. The predicted octanol–water partition coefficient (Wildman–Crippen LogP) is 6.08. The maximum atomic E-state index is 14.0. The Bertz CT molecular complexity index is 887. The molecule has 1 aliphatic rings. The minimum Gasteiger partial charge on any atom is -0.289 e. The van der Waals surface area contributed by atoms with E-state index in [0.29, 0.717) is 4.47 Å². The van der Waals surface area contributed by atoms with Gasteiger partial charge in [0.2, 0.25) is 0 Å².